The van der Waals surface area contributed by atoms with Gasteiger partial charge in [-0.25, -0.2) is 0 Å². The van der Waals surface area contributed by atoms with Gasteiger partial charge >= 0.3 is 0 Å². The van der Waals surface area contributed by atoms with E-state index in [1.165, 1.54) is 131 Å². The Morgan fingerprint density at radius 2 is 0.500 bits per heavy atom. The molecule has 0 heteroatoms. The predicted octanol–water partition coefficient (Wildman–Crippen LogP) is 18.1. The lowest BCUT2D eigenvalue weighted by molar-refractivity contribution is 1.65. The molecule has 13 rings (SSSR count). The van der Waals surface area contributed by atoms with Crippen molar-refractivity contribution in [3.63, 3.8) is 0 Å². The van der Waals surface area contributed by atoms with Gasteiger partial charge in [0, 0.05) is 0 Å². The van der Waals surface area contributed by atoms with Crippen LogP contribution in [0.1, 0.15) is 0 Å². The van der Waals surface area contributed by atoms with E-state index in [0.717, 1.165) is 0 Å². The summed E-state index contributed by atoms with van der Waals surface area (Å²) in [6, 6.07) is 90.0. The summed E-state index contributed by atoms with van der Waals surface area (Å²) in [5.41, 5.74) is 12.5. The maximum Gasteiger partial charge on any atom is -0.00201 e. The zero-order valence-corrected chi connectivity index (χ0v) is 35.1. The fourth-order valence-electron chi connectivity index (χ4n) is 10.7. The molecule has 0 atom stereocenters. The first-order chi connectivity index (χ1) is 31.8. The van der Waals surface area contributed by atoms with Gasteiger partial charge in [0.05, 0.1) is 0 Å². The van der Waals surface area contributed by atoms with Crippen molar-refractivity contribution in [3.05, 3.63) is 243 Å². The summed E-state index contributed by atoms with van der Waals surface area (Å²) in [4.78, 5) is 0. The van der Waals surface area contributed by atoms with Crippen LogP contribution in [0.5, 0.6) is 0 Å². The molecule has 0 aromatic heterocycles. The Labute approximate surface area is 371 Å². The van der Waals surface area contributed by atoms with Crippen LogP contribution in [-0.4, -0.2) is 0 Å². The highest BCUT2D eigenvalue weighted by Crippen LogP contribution is 2.48. The monoisotopic (exact) mass is 808 g/mol. The summed E-state index contributed by atoms with van der Waals surface area (Å²) < 4.78 is 0. The second-order valence-electron chi connectivity index (χ2n) is 17.1. The molecule has 13 aromatic rings. The summed E-state index contributed by atoms with van der Waals surface area (Å²) >= 11 is 0. The second-order valence-corrected chi connectivity index (χ2v) is 17.1. The molecular formula is C64H40. The molecule has 0 nitrogen and oxygen atoms in total. The Bertz CT molecular complexity index is 3890. The van der Waals surface area contributed by atoms with Crippen LogP contribution < -0.4 is 0 Å². The van der Waals surface area contributed by atoms with Crippen molar-refractivity contribution < 1.29 is 0 Å². The molecule has 0 saturated carbocycles. The third-order valence-electron chi connectivity index (χ3n) is 13.6. The molecule has 0 aliphatic heterocycles. The standard InChI is InChI=1S/C64H40/c1-2-17-44(18-3-1)61-49-22-6-10-26-53(49)63(54-27-11-7-23-50(54)61)57-30-14-20-42-33-35-46(39-59(42)57)47-36-34-43-21-15-31-58(60(43)40-47)64-55-28-12-8-24-51(55)62(52-25-9-13-29-56(52)64)48-37-32-41-16-4-5-19-45(41)38-48/h1-40H. The lowest BCUT2D eigenvalue weighted by Gasteiger charge is -2.19. The van der Waals surface area contributed by atoms with Gasteiger partial charge in [0.25, 0.3) is 0 Å². The van der Waals surface area contributed by atoms with Crippen LogP contribution in [0, 0.1) is 0 Å². The van der Waals surface area contributed by atoms with Crippen molar-refractivity contribution in [1.29, 1.82) is 0 Å². The summed E-state index contributed by atoms with van der Waals surface area (Å²) in [7, 11) is 0. The lowest BCUT2D eigenvalue weighted by atomic mass is 9.83. The predicted molar refractivity (Wildman–Crippen MR) is 276 cm³/mol. The maximum absolute atomic E-state index is 2.43. The second kappa shape index (κ2) is 14.7. The van der Waals surface area contributed by atoms with Gasteiger partial charge in [0.15, 0.2) is 0 Å². The Morgan fingerprint density at radius 3 is 0.969 bits per heavy atom. The van der Waals surface area contributed by atoms with E-state index in [1.807, 2.05) is 0 Å². The Morgan fingerprint density at radius 1 is 0.156 bits per heavy atom. The smallest absolute Gasteiger partial charge is 0.00201 e. The fraction of sp³-hybridized carbons (Fsp3) is 0. The van der Waals surface area contributed by atoms with E-state index in [4.69, 9.17) is 0 Å². The number of rotatable bonds is 5. The molecule has 0 radical (unpaired) electrons. The number of hydrogen-bond donors (Lipinski definition) is 0. The third-order valence-corrected chi connectivity index (χ3v) is 13.6. The van der Waals surface area contributed by atoms with Crippen LogP contribution in [0.2, 0.25) is 0 Å². The van der Waals surface area contributed by atoms with Crippen molar-refractivity contribution in [2.24, 2.45) is 0 Å². The molecule has 0 saturated heterocycles. The lowest BCUT2D eigenvalue weighted by Crippen LogP contribution is -1.92. The third kappa shape index (κ3) is 5.70. The SMILES string of the molecule is c1ccc(-c2c3ccccc3c(-c3cccc4ccc(-c5ccc6cccc(-c7c8ccccc8c(-c8ccc9ccccc9c8)c8ccccc78)c6c5)cc34)c3ccccc23)cc1. The molecule has 0 N–H and O–H groups in total. The molecular weight excluding hydrogens is 769 g/mol. The average molecular weight is 809 g/mol. The first-order valence-electron chi connectivity index (χ1n) is 22.2. The number of hydrogen-bond acceptors (Lipinski definition) is 0. The first-order valence-corrected chi connectivity index (χ1v) is 22.2. The molecule has 0 bridgehead atoms. The van der Waals surface area contributed by atoms with Gasteiger partial charge in [0.1, 0.15) is 0 Å². The van der Waals surface area contributed by atoms with E-state index in [0.29, 0.717) is 0 Å². The van der Waals surface area contributed by atoms with E-state index >= 15 is 0 Å². The van der Waals surface area contributed by atoms with Crippen LogP contribution in [0.3, 0.4) is 0 Å². The van der Waals surface area contributed by atoms with Crippen molar-refractivity contribution in [1.82, 2.24) is 0 Å². The highest BCUT2D eigenvalue weighted by molar-refractivity contribution is 6.25. The van der Waals surface area contributed by atoms with Crippen LogP contribution in [0.15, 0.2) is 243 Å². The molecule has 0 unspecified atom stereocenters. The van der Waals surface area contributed by atoms with E-state index in [9.17, 15) is 0 Å². The van der Waals surface area contributed by atoms with Crippen LogP contribution >= 0.6 is 0 Å². The van der Waals surface area contributed by atoms with Crippen LogP contribution in [0.25, 0.3) is 131 Å². The minimum atomic E-state index is 1.20. The summed E-state index contributed by atoms with van der Waals surface area (Å²) in [6.45, 7) is 0. The molecule has 0 spiro atoms. The van der Waals surface area contributed by atoms with Gasteiger partial charge in [-0.2, -0.15) is 0 Å². The molecule has 13 aromatic carbocycles. The molecule has 296 valence electrons. The normalized spacial score (nSPS) is 11.8. The van der Waals surface area contributed by atoms with Crippen molar-refractivity contribution in [2.75, 3.05) is 0 Å². The minimum absolute atomic E-state index is 1.20. The molecule has 0 heterocycles. The van der Waals surface area contributed by atoms with Crippen LogP contribution in [-0.2, 0) is 0 Å². The quantitative estimate of drug-likeness (QED) is 0.152. The number of benzene rings is 13. The van der Waals surface area contributed by atoms with Gasteiger partial charge in [-0.3, -0.25) is 0 Å². The Hall–Kier alpha value is -8.32. The molecule has 0 aliphatic carbocycles. The average Bonchev–Trinajstić information content (AvgIpc) is 3.36. The van der Waals surface area contributed by atoms with Gasteiger partial charge < -0.3 is 0 Å². The van der Waals surface area contributed by atoms with E-state index in [-0.39, 0.29) is 0 Å². The van der Waals surface area contributed by atoms with E-state index in [1.54, 1.807) is 0 Å². The largest absolute Gasteiger partial charge is 0.0622 e. The Balaban J connectivity index is 1.02. The summed E-state index contributed by atoms with van der Waals surface area (Å²) in [5, 5.41) is 17.6. The van der Waals surface area contributed by atoms with Gasteiger partial charge in [-0.05, 0) is 149 Å². The van der Waals surface area contributed by atoms with Crippen molar-refractivity contribution >= 4 is 75.4 Å². The van der Waals surface area contributed by atoms with Crippen molar-refractivity contribution in [3.8, 4) is 55.6 Å². The first kappa shape index (κ1) is 36.3. The fourth-order valence-corrected chi connectivity index (χ4v) is 10.7. The molecule has 0 fully saturated rings. The molecule has 0 aliphatic rings. The Kier molecular flexibility index (Phi) is 8.32. The highest BCUT2D eigenvalue weighted by atomic mass is 14.2. The number of fused-ring (bicyclic) bond motifs is 7. The van der Waals surface area contributed by atoms with Gasteiger partial charge in [-0.15, -0.1) is 0 Å². The zero-order valence-electron chi connectivity index (χ0n) is 35.1. The molecule has 64 heavy (non-hydrogen) atoms. The van der Waals surface area contributed by atoms with Gasteiger partial charge in [0.2, 0.25) is 0 Å². The van der Waals surface area contributed by atoms with E-state index < -0.39 is 0 Å². The van der Waals surface area contributed by atoms with Gasteiger partial charge in [-0.1, -0.05) is 224 Å². The van der Waals surface area contributed by atoms with Crippen LogP contribution in [0.4, 0.5) is 0 Å². The minimum Gasteiger partial charge on any atom is -0.0622 e. The maximum atomic E-state index is 2.43. The summed E-state index contributed by atoms with van der Waals surface area (Å²) in [6.07, 6.45) is 0. The topological polar surface area (TPSA) is 0 Å². The highest BCUT2D eigenvalue weighted by Gasteiger charge is 2.20. The summed E-state index contributed by atoms with van der Waals surface area (Å²) in [5.74, 6) is 0. The van der Waals surface area contributed by atoms with E-state index in [2.05, 4.69) is 243 Å². The zero-order chi connectivity index (χ0) is 42.1. The van der Waals surface area contributed by atoms with Crippen molar-refractivity contribution in [2.45, 2.75) is 0 Å². The molecule has 0 amide bonds.